The van der Waals surface area contributed by atoms with Crippen molar-refractivity contribution < 1.29 is 4.79 Å². The number of amides is 1. The fraction of sp³-hybridized carbons (Fsp3) is 0.857. The first-order valence-electron chi connectivity index (χ1n) is 3.68. The second kappa shape index (κ2) is 6.80. The van der Waals surface area contributed by atoms with Gasteiger partial charge in [0.05, 0.1) is 0 Å². The Hall–Kier alpha value is 0.110. The first-order chi connectivity index (χ1) is 5.18. The summed E-state index contributed by atoms with van der Waals surface area (Å²) in [6.45, 7) is 4.48. The van der Waals surface area contributed by atoms with Crippen LogP contribution in [-0.4, -0.2) is 29.3 Å². The second-order valence-electron chi connectivity index (χ2n) is 2.10. The topological polar surface area (TPSA) is 29.1 Å². The fourth-order valence-corrected chi connectivity index (χ4v) is 1.14. The number of thioether (sulfide) groups is 1. The first kappa shape index (κ1) is 11.1. The molecule has 0 spiro atoms. The van der Waals surface area contributed by atoms with Crippen LogP contribution in [0.3, 0.4) is 0 Å². The number of halogens is 1. The van der Waals surface area contributed by atoms with Gasteiger partial charge in [0, 0.05) is 12.3 Å². The Morgan fingerprint density at radius 2 is 2.36 bits per heavy atom. The quantitative estimate of drug-likeness (QED) is 0.532. The minimum Gasteiger partial charge on any atom is -0.354 e. The lowest BCUT2D eigenvalue weighted by atomic mass is 10.4. The van der Waals surface area contributed by atoms with E-state index < -0.39 is 5.38 Å². The van der Waals surface area contributed by atoms with Crippen LogP contribution in [0.2, 0.25) is 0 Å². The Morgan fingerprint density at radius 1 is 1.73 bits per heavy atom. The number of rotatable bonds is 5. The van der Waals surface area contributed by atoms with Crippen molar-refractivity contribution in [3.63, 3.8) is 0 Å². The molecule has 1 N–H and O–H groups in total. The molecule has 1 amide bonds. The van der Waals surface area contributed by atoms with Crippen molar-refractivity contribution >= 4 is 29.3 Å². The van der Waals surface area contributed by atoms with Crippen molar-refractivity contribution in [3.05, 3.63) is 0 Å². The van der Waals surface area contributed by atoms with Gasteiger partial charge in [0.15, 0.2) is 0 Å². The molecule has 0 aromatic heterocycles. The Kier molecular flexibility index (Phi) is 6.87. The summed E-state index contributed by atoms with van der Waals surface area (Å²) in [5.41, 5.74) is 0. The number of carbonyl (C=O) groups is 1. The van der Waals surface area contributed by atoms with Gasteiger partial charge >= 0.3 is 0 Å². The van der Waals surface area contributed by atoms with Gasteiger partial charge in [0.2, 0.25) is 5.91 Å². The van der Waals surface area contributed by atoms with Gasteiger partial charge in [-0.2, -0.15) is 11.8 Å². The molecule has 0 bridgehead atoms. The predicted octanol–water partition coefficient (Wildman–Crippen LogP) is 1.48. The van der Waals surface area contributed by atoms with E-state index in [1.165, 1.54) is 0 Å². The molecular formula is C7H14ClNOS. The lowest BCUT2D eigenvalue weighted by Crippen LogP contribution is -2.31. The number of carbonyl (C=O) groups excluding carboxylic acids is 1. The van der Waals surface area contributed by atoms with Crippen LogP contribution >= 0.6 is 23.4 Å². The molecule has 0 aromatic carbocycles. The lowest BCUT2D eigenvalue weighted by molar-refractivity contribution is -0.120. The van der Waals surface area contributed by atoms with Crippen LogP contribution in [0, 0.1) is 0 Å². The maximum Gasteiger partial charge on any atom is 0.237 e. The summed E-state index contributed by atoms with van der Waals surface area (Å²) in [4.78, 5) is 10.9. The van der Waals surface area contributed by atoms with Crippen molar-refractivity contribution in [1.29, 1.82) is 0 Å². The van der Waals surface area contributed by atoms with Crippen molar-refractivity contribution in [2.75, 3.05) is 18.1 Å². The van der Waals surface area contributed by atoms with Crippen LogP contribution in [0.25, 0.3) is 0 Å². The van der Waals surface area contributed by atoms with E-state index in [0.29, 0.717) is 6.54 Å². The van der Waals surface area contributed by atoms with Crippen molar-refractivity contribution in [2.24, 2.45) is 0 Å². The molecule has 11 heavy (non-hydrogen) atoms. The Morgan fingerprint density at radius 3 is 2.82 bits per heavy atom. The van der Waals surface area contributed by atoms with Crippen molar-refractivity contribution in [3.8, 4) is 0 Å². The SMILES string of the molecule is CCSCCNC(=O)C(C)Cl. The molecule has 1 atom stereocenters. The molecule has 0 saturated carbocycles. The zero-order valence-electron chi connectivity index (χ0n) is 6.89. The highest BCUT2D eigenvalue weighted by molar-refractivity contribution is 7.99. The van der Waals surface area contributed by atoms with Gasteiger partial charge in [-0.1, -0.05) is 6.92 Å². The Balaban J connectivity index is 3.18. The number of hydrogen-bond donors (Lipinski definition) is 1. The molecule has 66 valence electrons. The smallest absolute Gasteiger partial charge is 0.237 e. The van der Waals surface area contributed by atoms with Gasteiger partial charge < -0.3 is 5.32 Å². The molecule has 1 unspecified atom stereocenters. The molecule has 0 fully saturated rings. The summed E-state index contributed by atoms with van der Waals surface area (Å²) >= 11 is 7.33. The molecule has 2 nitrogen and oxygen atoms in total. The van der Waals surface area contributed by atoms with E-state index in [0.717, 1.165) is 11.5 Å². The highest BCUT2D eigenvalue weighted by atomic mass is 35.5. The molecule has 0 rings (SSSR count). The van der Waals surface area contributed by atoms with Crippen LogP contribution in [0.1, 0.15) is 13.8 Å². The first-order valence-corrected chi connectivity index (χ1v) is 5.27. The minimum atomic E-state index is -0.415. The van der Waals surface area contributed by atoms with Crippen LogP contribution < -0.4 is 5.32 Å². The normalized spacial score (nSPS) is 12.6. The molecule has 4 heteroatoms. The van der Waals surface area contributed by atoms with Gasteiger partial charge in [-0.25, -0.2) is 0 Å². The lowest BCUT2D eigenvalue weighted by Gasteiger charge is -2.04. The average Bonchev–Trinajstić information content (AvgIpc) is 1.97. The average molecular weight is 196 g/mol. The number of alkyl halides is 1. The van der Waals surface area contributed by atoms with Gasteiger partial charge in [-0.15, -0.1) is 11.6 Å². The second-order valence-corrected chi connectivity index (χ2v) is 4.15. The Labute approximate surface area is 77.1 Å². The van der Waals surface area contributed by atoms with Crippen molar-refractivity contribution in [2.45, 2.75) is 19.2 Å². The van der Waals surface area contributed by atoms with Crippen molar-refractivity contribution in [1.82, 2.24) is 5.32 Å². The van der Waals surface area contributed by atoms with E-state index in [-0.39, 0.29) is 5.91 Å². The van der Waals surface area contributed by atoms with Crippen LogP contribution in [-0.2, 0) is 4.79 Å². The summed E-state index contributed by atoms with van der Waals surface area (Å²) in [6, 6.07) is 0. The fourth-order valence-electron chi connectivity index (χ4n) is 0.531. The van der Waals surface area contributed by atoms with Gasteiger partial charge in [-0.3, -0.25) is 4.79 Å². The molecule has 0 aliphatic rings. The summed E-state index contributed by atoms with van der Waals surface area (Å²) < 4.78 is 0. The van der Waals surface area contributed by atoms with E-state index in [1.54, 1.807) is 18.7 Å². The van der Waals surface area contributed by atoms with E-state index in [2.05, 4.69) is 12.2 Å². The van der Waals surface area contributed by atoms with Gasteiger partial charge in [0.25, 0.3) is 0 Å². The minimum absolute atomic E-state index is 0.0802. The van der Waals surface area contributed by atoms with Crippen LogP contribution in [0.5, 0.6) is 0 Å². The summed E-state index contributed by atoms with van der Waals surface area (Å²) in [6.07, 6.45) is 0. The maximum atomic E-state index is 10.9. The van der Waals surface area contributed by atoms with Crippen LogP contribution in [0.4, 0.5) is 0 Å². The third kappa shape index (κ3) is 6.51. The molecule has 0 saturated heterocycles. The van der Waals surface area contributed by atoms with E-state index in [1.807, 2.05) is 0 Å². The molecular weight excluding hydrogens is 182 g/mol. The number of hydrogen-bond acceptors (Lipinski definition) is 2. The highest BCUT2D eigenvalue weighted by Crippen LogP contribution is 1.96. The van der Waals surface area contributed by atoms with E-state index in [4.69, 9.17) is 11.6 Å². The summed E-state index contributed by atoms with van der Waals surface area (Å²) in [7, 11) is 0. The predicted molar refractivity (Wildman–Crippen MR) is 51.3 cm³/mol. The molecule has 0 heterocycles. The maximum absolute atomic E-state index is 10.9. The monoisotopic (exact) mass is 195 g/mol. The molecule has 0 radical (unpaired) electrons. The zero-order valence-corrected chi connectivity index (χ0v) is 8.47. The third-order valence-electron chi connectivity index (χ3n) is 1.11. The largest absolute Gasteiger partial charge is 0.354 e. The third-order valence-corrected chi connectivity index (χ3v) is 2.21. The highest BCUT2D eigenvalue weighted by Gasteiger charge is 2.06. The van der Waals surface area contributed by atoms with Crippen LogP contribution in [0.15, 0.2) is 0 Å². The standard InChI is InChI=1S/C7H14ClNOS/c1-3-11-5-4-9-7(10)6(2)8/h6H,3-5H2,1-2H3,(H,9,10). The van der Waals surface area contributed by atoms with E-state index in [9.17, 15) is 4.79 Å². The Bertz CT molecular complexity index is 119. The molecule has 0 aliphatic heterocycles. The van der Waals surface area contributed by atoms with Gasteiger partial charge in [0.1, 0.15) is 5.38 Å². The zero-order chi connectivity index (χ0) is 8.69. The van der Waals surface area contributed by atoms with Gasteiger partial charge in [-0.05, 0) is 12.7 Å². The van der Waals surface area contributed by atoms with E-state index >= 15 is 0 Å². The summed E-state index contributed by atoms with van der Waals surface area (Å²) in [5.74, 6) is 1.97. The number of nitrogens with one attached hydrogen (secondary N) is 1. The summed E-state index contributed by atoms with van der Waals surface area (Å²) in [5, 5.41) is 2.31. The molecule has 0 aromatic rings. The molecule has 0 aliphatic carbocycles.